The summed E-state index contributed by atoms with van der Waals surface area (Å²) < 4.78 is 7.02. The van der Waals surface area contributed by atoms with Crippen molar-refractivity contribution in [2.24, 2.45) is 7.05 Å². The maximum Gasteiger partial charge on any atom is 0.246 e. The van der Waals surface area contributed by atoms with Crippen LogP contribution in [0, 0.1) is 0 Å². The van der Waals surface area contributed by atoms with Gasteiger partial charge in [0.1, 0.15) is 6.61 Å². The predicted molar refractivity (Wildman–Crippen MR) is 81.0 cm³/mol. The van der Waals surface area contributed by atoms with Crippen LogP contribution in [0.2, 0.25) is 0 Å². The number of likely N-dealkylation sites (N-methyl/N-ethyl adjacent to an activating group) is 1. The fourth-order valence-electron chi connectivity index (χ4n) is 2.83. The smallest absolute Gasteiger partial charge is 0.246 e. The minimum absolute atomic E-state index is 0.0557. The summed E-state index contributed by atoms with van der Waals surface area (Å²) in [7, 11) is 3.61. The van der Waals surface area contributed by atoms with Crippen molar-refractivity contribution in [2.75, 3.05) is 20.3 Å². The Balaban J connectivity index is 2.09. The van der Waals surface area contributed by atoms with Crippen molar-refractivity contribution < 1.29 is 14.3 Å². The number of aryl methyl sites for hydroxylation is 1. The van der Waals surface area contributed by atoms with Crippen LogP contribution in [0.1, 0.15) is 37.9 Å². The van der Waals surface area contributed by atoms with Gasteiger partial charge in [0.25, 0.3) is 0 Å². The van der Waals surface area contributed by atoms with E-state index in [1.54, 1.807) is 22.8 Å². The van der Waals surface area contributed by atoms with E-state index < -0.39 is 0 Å². The molecular weight excluding hydrogens is 284 g/mol. The van der Waals surface area contributed by atoms with Crippen LogP contribution in [-0.4, -0.2) is 52.8 Å². The standard InChI is InChI=1S/C15H24N4O3/c1-4-9-22-10-13(20)17-11-5-6-14(21)18(2)15(11)12-7-8-16-19(12)3/h7-8,11,15H,4-6,9-10H2,1-3H3,(H,17,20)/t11-,15-/m1/s1. The van der Waals surface area contributed by atoms with Gasteiger partial charge in [-0.3, -0.25) is 14.3 Å². The molecule has 0 bridgehead atoms. The van der Waals surface area contributed by atoms with E-state index in [0.29, 0.717) is 19.4 Å². The van der Waals surface area contributed by atoms with Gasteiger partial charge in [-0.2, -0.15) is 5.10 Å². The van der Waals surface area contributed by atoms with Crippen molar-refractivity contribution in [3.8, 4) is 0 Å². The molecule has 1 aromatic rings. The van der Waals surface area contributed by atoms with Crippen molar-refractivity contribution in [3.63, 3.8) is 0 Å². The zero-order valence-corrected chi connectivity index (χ0v) is 13.4. The predicted octanol–water partition coefficient (Wildman–Crippen LogP) is 0.625. The normalized spacial score (nSPS) is 22.0. The van der Waals surface area contributed by atoms with E-state index in [-0.39, 0.29) is 30.5 Å². The molecule has 2 amide bonds. The maximum atomic E-state index is 12.0. The molecule has 0 radical (unpaired) electrons. The molecule has 1 fully saturated rings. The Morgan fingerprint density at radius 3 is 2.91 bits per heavy atom. The summed E-state index contributed by atoms with van der Waals surface area (Å²) in [4.78, 5) is 25.7. The lowest BCUT2D eigenvalue weighted by Crippen LogP contribution is -2.52. The van der Waals surface area contributed by atoms with Crippen LogP contribution in [0.4, 0.5) is 0 Å². The summed E-state index contributed by atoms with van der Waals surface area (Å²) in [6.07, 6.45) is 3.64. The molecule has 2 atom stereocenters. The summed E-state index contributed by atoms with van der Waals surface area (Å²) in [6, 6.07) is 1.55. The van der Waals surface area contributed by atoms with Crippen molar-refractivity contribution in [1.29, 1.82) is 0 Å². The number of carbonyl (C=O) groups is 2. The molecule has 122 valence electrons. The molecule has 2 rings (SSSR count). The van der Waals surface area contributed by atoms with Crippen LogP contribution in [0.5, 0.6) is 0 Å². The molecule has 1 aliphatic heterocycles. The van der Waals surface area contributed by atoms with Gasteiger partial charge in [-0.1, -0.05) is 6.92 Å². The van der Waals surface area contributed by atoms with E-state index >= 15 is 0 Å². The number of rotatable bonds is 6. The molecule has 0 saturated carbocycles. The Kier molecular flexibility index (Phi) is 5.54. The quantitative estimate of drug-likeness (QED) is 0.782. The SMILES string of the molecule is CCCOCC(=O)N[C@@H]1CCC(=O)N(C)[C@H]1c1ccnn1C. The minimum Gasteiger partial charge on any atom is -0.372 e. The van der Waals surface area contributed by atoms with Crippen LogP contribution >= 0.6 is 0 Å². The number of aromatic nitrogens is 2. The first-order chi connectivity index (χ1) is 10.5. The second-order valence-electron chi connectivity index (χ2n) is 5.59. The van der Waals surface area contributed by atoms with Gasteiger partial charge in [0.05, 0.1) is 17.8 Å². The molecular formula is C15H24N4O3. The summed E-state index contributed by atoms with van der Waals surface area (Å²) in [5.41, 5.74) is 0.912. The third-order valence-electron chi connectivity index (χ3n) is 3.95. The first-order valence-electron chi connectivity index (χ1n) is 7.65. The van der Waals surface area contributed by atoms with Crippen LogP contribution in [-0.2, 0) is 21.4 Å². The molecule has 7 heteroatoms. The third-order valence-corrected chi connectivity index (χ3v) is 3.95. The van der Waals surface area contributed by atoms with Gasteiger partial charge in [0, 0.05) is 33.3 Å². The van der Waals surface area contributed by atoms with E-state index in [2.05, 4.69) is 10.4 Å². The van der Waals surface area contributed by atoms with Crippen molar-refractivity contribution in [1.82, 2.24) is 20.0 Å². The number of likely N-dealkylation sites (tertiary alicyclic amines) is 1. The number of amides is 2. The summed E-state index contributed by atoms with van der Waals surface area (Å²) >= 11 is 0. The van der Waals surface area contributed by atoms with E-state index in [1.807, 2.05) is 20.0 Å². The highest BCUT2D eigenvalue weighted by atomic mass is 16.5. The highest BCUT2D eigenvalue weighted by molar-refractivity contribution is 5.80. The topological polar surface area (TPSA) is 76.5 Å². The van der Waals surface area contributed by atoms with Gasteiger partial charge in [-0.15, -0.1) is 0 Å². The number of piperidine rings is 1. The van der Waals surface area contributed by atoms with Crippen LogP contribution in [0.3, 0.4) is 0 Å². The molecule has 7 nitrogen and oxygen atoms in total. The van der Waals surface area contributed by atoms with E-state index in [0.717, 1.165) is 12.1 Å². The number of hydrogen-bond acceptors (Lipinski definition) is 4. The van der Waals surface area contributed by atoms with E-state index in [4.69, 9.17) is 4.74 Å². The average molecular weight is 308 g/mol. The number of hydrogen-bond donors (Lipinski definition) is 1. The van der Waals surface area contributed by atoms with Gasteiger partial charge < -0.3 is 15.0 Å². The Labute approximate surface area is 130 Å². The highest BCUT2D eigenvalue weighted by Gasteiger charge is 2.37. The fourth-order valence-corrected chi connectivity index (χ4v) is 2.83. The van der Waals surface area contributed by atoms with E-state index in [1.165, 1.54) is 0 Å². The molecule has 1 aliphatic rings. The molecule has 1 aromatic heterocycles. The Morgan fingerprint density at radius 1 is 1.50 bits per heavy atom. The van der Waals surface area contributed by atoms with Crippen LogP contribution in [0.15, 0.2) is 12.3 Å². The molecule has 0 aliphatic carbocycles. The van der Waals surface area contributed by atoms with E-state index in [9.17, 15) is 9.59 Å². The number of nitrogens with zero attached hydrogens (tertiary/aromatic N) is 3. The first-order valence-corrected chi connectivity index (χ1v) is 7.65. The monoisotopic (exact) mass is 308 g/mol. The largest absolute Gasteiger partial charge is 0.372 e. The van der Waals surface area contributed by atoms with Gasteiger partial charge in [0.2, 0.25) is 11.8 Å². The summed E-state index contributed by atoms with van der Waals surface area (Å²) in [6.45, 7) is 2.62. The molecule has 22 heavy (non-hydrogen) atoms. The fraction of sp³-hybridized carbons (Fsp3) is 0.667. The summed E-state index contributed by atoms with van der Waals surface area (Å²) in [5, 5.41) is 7.16. The average Bonchev–Trinajstić information content (AvgIpc) is 2.89. The lowest BCUT2D eigenvalue weighted by Gasteiger charge is -2.39. The Morgan fingerprint density at radius 2 is 2.27 bits per heavy atom. The van der Waals surface area contributed by atoms with Crippen molar-refractivity contribution in [3.05, 3.63) is 18.0 Å². The zero-order valence-electron chi connectivity index (χ0n) is 13.4. The second kappa shape index (κ2) is 7.40. The number of carbonyl (C=O) groups excluding carboxylic acids is 2. The third kappa shape index (κ3) is 3.65. The van der Waals surface area contributed by atoms with Crippen molar-refractivity contribution >= 4 is 11.8 Å². The molecule has 0 unspecified atom stereocenters. The van der Waals surface area contributed by atoms with Crippen molar-refractivity contribution in [2.45, 2.75) is 38.3 Å². The Bertz CT molecular complexity index is 529. The molecule has 1 N–H and O–H groups in total. The number of nitrogens with one attached hydrogen (secondary N) is 1. The Hall–Kier alpha value is -1.89. The van der Waals surface area contributed by atoms with Gasteiger partial charge in [-0.25, -0.2) is 0 Å². The minimum atomic E-state index is -0.205. The maximum absolute atomic E-state index is 12.0. The van der Waals surface area contributed by atoms with Crippen LogP contribution < -0.4 is 5.32 Å². The molecule has 2 heterocycles. The molecule has 0 spiro atoms. The highest BCUT2D eigenvalue weighted by Crippen LogP contribution is 2.30. The van der Waals surface area contributed by atoms with Gasteiger partial charge in [-0.05, 0) is 18.9 Å². The summed E-state index contributed by atoms with van der Waals surface area (Å²) in [5.74, 6) is -0.0627. The molecule has 0 aromatic carbocycles. The van der Waals surface area contributed by atoms with Crippen LogP contribution in [0.25, 0.3) is 0 Å². The molecule has 1 saturated heterocycles. The second-order valence-corrected chi connectivity index (χ2v) is 5.59. The van der Waals surface area contributed by atoms with Gasteiger partial charge >= 0.3 is 0 Å². The lowest BCUT2D eigenvalue weighted by molar-refractivity contribution is -0.138. The number of ether oxygens (including phenoxy) is 1. The lowest BCUT2D eigenvalue weighted by atomic mass is 9.93. The zero-order chi connectivity index (χ0) is 16.1. The van der Waals surface area contributed by atoms with Gasteiger partial charge in [0.15, 0.2) is 0 Å². The first kappa shape index (κ1) is 16.5.